The molecule has 2 aliphatic rings. The van der Waals surface area contributed by atoms with Crippen molar-refractivity contribution in [1.29, 1.82) is 0 Å². The number of nitrogens with zero attached hydrogens (tertiary/aromatic N) is 2. The summed E-state index contributed by atoms with van der Waals surface area (Å²) >= 11 is 0. The number of hydrogen-bond acceptors (Lipinski definition) is 3. The Morgan fingerprint density at radius 1 is 1.28 bits per heavy atom. The van der Waals surface area contributed by atoms with E-state index in [1.54, 1.807) is 0 Å². The maximum absolute atomic E-state index is 5.99. The van der Waals surface area contributed by atoms with Crippen molar-refractivity contribution >= 4 is 29.9 Å². The molecule has 2 atom stereocenters. The predicted molar refractivity (Wildman–Crippen MR) is 114 cm³/mol. The molecule has 3 rings (SSSR count). The van der Waals surface area contributed by atoms with Gasteiger partial charge in [-0.25, -0.2) is 0 Å². The van der Waals surface area contributed by atoms with Crippen LogP contribution in [0.15, 0.2) is 29.3 Å². The van der Waals surface area contributed by atoms with E-state index in [2.05, 4.69) is 48.7 Å². The van der Waals surface area contributed by atoms with Gasteiger partial charge < -0.3 is 20.3 Å². The van der Waals surface area contributed by atoms with Gasteiger partial charge in [0.15, 0.2) is 5.96 Å². The Balaban J connectivity index is 0.00000225. The molecule has 0 amide bonds. The Bertz CT molecular complexity index is 547. The fourth-order valence-electron chi connectivity index (χ4n) is 3.32. The van der Waals surface area contributed by atoms with E-state index in [-0.39, 0.29) is 30.1 Å². The van der Waals surface area contributed by atoms with Crippen molar-refractivity contribution in [2.24, 2.45) is 10.9 Å². The number of fused-ring (bicyclic) bond motifs is 1. The topological polar surface area (TPSA) is 48.9 Å². The van der Waals surface area contributed by atoms with Crippen molar-refractivity contribution < 1.29 is 4.74 Å². The number of ether oxygens (including phenoxy) is 1. The van der Waals surface area contributed by atoms with Gasteiger partial charge in [0.25, 0.3) is 0 Å². The molecule has 0 spiro atoms. The highest BCUT2D eigenvalue weighted by Crippen LogP contribution is 2.34. The maximum atomic E-state index is 5.99. The molecule has 0 aromatic heterocycles. The molecule has 1 aromatic carbocycles. The lowest BCUT2D eigenvalue weighted by atomic mass is 10.1. The maximum Gasteiger partial charge on any atom is 0.191 e. The zero-order chi connectivity index (χ0) is 16.9. The summed E-state index contributed by atoms with van der Waals surface area (Å²) in [5.41, 5.74) is 1.30. The van der Waals surface area contributed by atoms with E-state index >= 15 is 0 Å². The smallest absolute Gasteiger partial charge is 0.191 e. The number of para-hydroxylation sites is 1. The largest absolute Gasteiger partial charge is 0.488 e. The van der Waals surface area contributed by atoms with Crippen LogP contribution >= 0.6 is 24.0 Å². The third-order valence-corrected chi connectivity index (χ3v) is 4.82. The minimum absolute atomic E-state index is 0. The quantitative estimate of drug-likeness (QED) is 0.375. The number of benzene rings is 1. The van der Waals surface area contributed by atoms with Crippen molar-refractivity contribution in [3.8, 4) is 5.75 Å². The van der Waals surface area contributed by atoms with Crippen LogP contribution in [0, 0.1) is 5.92 Å². The van der Waals surface area contributed by atoms with Crippen molar-refractivity contribution in [2.45, 2.75) is 38.3 Å². The minimum Gasteiger partial charge on any atom is -0.488 e. The van der Waals surface area contributed by atoms with Gasteiger partial charge in [0.1, 0.15) is 11.9 Å². The Hall–Kier alpha value is -1.02. The lowest BCUT2D eigenvalue weighted by Crippen LogP contribution is -2.43. The van der Waals surface area contributed by atoms with Crippen LogP contribution < -0.4 is 15.4 Å². The first kappa shape index (κ1) is 20.3. The number of likely N-dealkylation sites (N-methyl/N-ethyl adjacent to an activating group) is 1. The standard InChI is InChI=1S/C19H30N4O.HI/c1-4-20-19(22-13-17(23(2)3)14-9-10-14)21-12-16-11-15-7-5-6-8-18(15)24-16;/h5-8,14,16-17H,4,9-13H2,1-3H3,(H2,20,21,22);1H. The van der Waals surface area contributed by atoms with Gasteiger partial charge in [-0.3, -0.25) is 4.99 Å². The Morgan fingerprint density at radius 3 is 2.68 bits per heavy atom. The number of guanidine groups is 1. The van der Waals surface area contributed by atoms with E-state index < -0.39 is 0 Å². The van der Waals surface area contributed by atoms with E-state index in [9.17, 15) is 0 Å². The third kappa shape index (κ3) is 5.74. The molecule has 1 fully saturated rings. The second-order valence-electron chi connectivity index (χ2n) is 7.02. The SMILES string of the molecule is CCNC(=NCC(C1CC1)N(C)C)NCC1Cc2ccccc2O1.I. The molecule has 1 heterocycles. The van der Waals surface area contributed by atoms with Gasteiger partial charge in [-0.1, -0.05) is 18.2 Å². The second-order valence-corrected chi connectivity index (χ2v) is 7.02. The Kier molecular flexibility index (Phi) is 7.81. The van der Waals surface area contributed by atoms with Gasteiger partial charge >= 0.3 is 0 Å². The van der Waals surface area contributed by atoms with Crippen molar-refractivity contribution in [3.63, 3.8) is 0 Å². The van der Waals surface area contributed by atoms with Crippen molar-refractivity contribution in [3.05, 3.63) is 29.8 Å². The minimum atomic E-state index is 0. The zero-order valence-electron chi connectivity index (χ0n) is 15.5. The van der Waals surface area contributed by atoms with Gasteiger partial charge in [0.05, 0.1) is 13.1 Å². The fraction of sp³-hybridized carbons (Fsp3) is 0.632. The van der Waals surface area contributed by atoms with Crippen LogP contribution in [0.3, 0.4) is 0 Å². The van der Waals surface area contributed by atoms with E-state index in [0.29, 0.717) is 6.04 Å². The van der Waals surface area contributed by atoms with Crippen LogP contribution in [0.4, 0.5) is 0 Å². The van der Waals surface area contributed by atoms with Crippen LogP contribution in [0.2, 0.25) is 0 Å². The lowest BCUT2D eigenvalue weighted by Gasteiger charge is -2.23. The molecule has 0 saturated heterocycles. The highest BCUT2D eigenvalue weighted by Gasteiger charge is 2.32. The molecular weight excluding hydrogens is 427 g/mol. The van der Waals surface area contributed by atoms with E-state index in [4.69, 9.17) is 9.73 Å². The molecule has 2 unspecified atom stereocenters. The fourth-order valence-corrected chi connectivity index (χ4v) is 3.32. The third-order valence-electron chi connectivity index (χ3n) is 4.82. The Morgan fingerprint density at radius 2 is 2.04 bits per heavy atom. The summed E-state index contributed by atoms with van der Waals surface area (Å²) in [6.07, 6.45) is 3.83. The molecule has 6 heteroatoms. The van der Waals surface area contributed by atoms with E-state index in [1.165, 1.54) is 18.4 Å². The average Bonchev–Trinajstić information content (AvgIpc) is 3.30. The second kappa shape index (κ2) is 9.62. The van der Waals surface area contributed by atoms with Crippen LogP contribution in [0.5, 0.6) is 5.75 Å². The number of hydrogen-bond donors (Lipinski definition) is 2. The summed E-state index contributed by atoms with van der Waals surface area (Å²) in [4.78, 5) is 7.11. The summed E-state index contributed by atoms with van der Waals surface area (Å²) in [6, 6.07) is 8.84. The first-order valence-electron chi connectivity index (χ1n) is 9.10. The van der Waals surface area contributed by atoms with Gasteiger partial charge in [-0.05, 0) is 51.4 Å². The average molecular weight is 458 g/mol. The van der Waals surface area contributed by atoms with Gasteiger partial charge in [0, 0.05) is 19.0 Å². The molecule has 0 radical (unpaired) electrons. The summed E-state index contributed by atoms with van der Waals surface area (Å²) in [5, 5.41) is 6.79. The summed E-state index contributed by atoms with van der Waals surface area (Å²) in [5.74, 6) is 2.73. The summed E-state index contributed by atoms with van der Waals surface area (Å²) in [7, 11) is 4.31. The monoisotopic (exact) mass is 458 g/mol. The zero-order valence-corrected chi connectivity index (χ0v) is 17.8. The first-order valence-corrected chi connectivity index (χ1v) is 9.10. The summed E-state index contributed by atoms with van der Waals surface area (Å²) < 4.78 is 5.99. The summed E-state index contributed by atoms with van der Waals surface area (Å²) in [6.45, 7) is 4.59. The van der Waals surface area contributed by atoms with E-state index in [1.807, 2.05) is 12.1 Å². The number of rotatable bonds is 7. The molecular formula is C19H31IN4O. The normalized spacial score (nSPS) is 20.5. The molecule has 5 nitrogen and oxygen atoms in total. The number of nitrogens with one attached hydrogen (secondary N) is 2. The van der Waals surface area contributed by atoms with E-state index in [0.717, 1.165) is 43.7 Å². The van der Waals surface area contributed by atoms with Crippen LogP contribution in [0.25, 0.3) is 0 Å². The molecule has 1 aromatic rings. The number of aliphatic imine (C=N–C) groups is 1. The van der Waals surface area contributed by atoms with Crippen LogP contribution in [0.1, 0.15) is 25.3 Å². The molecule has 25 heavy (non-hydrogen) atoms. The van der Waals surface area contributed by atoms with Gasteiger partial charge in [-0.15, -0.1) is 24.0 Å². The lowest BCUT2D eigenvalue weighted by molar-refractivity contribution is 0.234. The number of halogens is 1. The predicted octanol–water partition coefficient (Wildman–Crippen LogP) is 2.50. The molecule has 1 aliphatic heterocycles. The van der Waals surface area contributed by atoms with Gasteiger partial charge in [0.2, 0.25) is 0 Å². The Labute approximate surface area is 168 Å². The van der Waals surface area contributed by atoms with Crippen molar-refractivity contribution in [1.82, 2.24) is 15.5 Å². The van der Waals surface area contributed by atoms with Gasteiger partial charge in [-0.2, -0.15) is 0 Å². The molecule has 1 aliphatic carbocycles. The molecule has 140 valence electrons. The van der Waals surface area contributed by atoms with Crippen LogP contribution in [-0.4, -0.2) is 56.7 Å². The highest BCUT2D eigenvalue weighted by atomic mass is 127. The molecule has 1 saturated carbocycles. The molecule has 0 bridgehead atoms. The first-order chi connectivity index (χ1) is 11.7. The highest BCUT2D eigenvalue weighted by molar-refractivity contribution is 14.0. The van der Waals surface area contributed by atoms with Crippen LogP contribution in [-0.2, 0) is 6.42 Å². The molecule has 2 N–H and O–H groups in total. The van der Waals surface area contributed by atoms with Crippen molar-refractivity contribution in [2.75, 3.05) is 33.7 Å².